The Labute approximate surface area is 98.1 Å². The predicted octanol–water partition coefficient (Wildman–Crippen LogP) is 1.14. The summed E-state index contributed by atoms with van der Waals surface area (Å²) in [5, 5.41) is 0. The van der Waals surface area contributed by atoms with Crippen LogP contribution in [0.15, 0.2) is 0 Å². The number of amides is 1. The molecule has 0 aromatic carbocycles. The average Bonchev–Trinajstić information content (AvgIpc) is 2.25. The van der Waals surface area contributed by atoms with Gasteiger partial charge in [-0.25, -0.2) is 0 Å². The van der Waals surface area contributed by atoms with Gasteiger partial charge in [0.05, 0.1) is 18.2 Å². The van der Waals surface area contributed by atoms with Crippen molar-refractivity contribution in [2.45, 2.75) is 51.7 Å². The Bertz CT molecular complexity index is 241. The molecule has 0 aromatic rings. The van der Waals surface area contributed by atoms with E-state index in [1.54, 1.807) is 0 Å². The second-order valence-electron chi connectivity index (χ2n) is 5.09. The fraction of sp³-hybridized carbons (Fsp3) is 0.917. The number of morpholine rings is 1. The number of carbonyl (C=O) groups is 1. The lowest BCUT2D eigenvalue weighted by atomic mass is 9.99. The summed E-state index contributed by atoms with van der Waals surface area (Å²) in [5.41, 5.74) is 5.39. The summed E-state index contributed by atoms with van der Waals surface area (Å²) in [6.45, 7) is 7.88. The summed E-state index contributed by atoms with van der Waals surface area (Å²) in [7, 11) is 0. The van der Waals surface area contributed by atoms with Crippen LogP contribution < -0.4 is 5.73 Å². The molecule has 2 N–H and O–H groups in total. The third kappa shape index (κ3) is 3.19. The number of ether oxygens (including phenoxy) is 1. The summed E-state index contributed by atoms with van der Waals surface area (Å²) in [6.07, 6.45) is 2.65. The number of unbranched alkanes of at least 4 members (excludes halogenated alkanes) is 1. The number of nitrogens with zero attached hydrogens (tertiary/aromatic N) is 1. The zero-order chi connectivity index (χ0) is 12.2. The normalized spacial score (nSPS) is 24.5. The van der Waals surface area contributed by atoms with Crippen molar-refractivity contribution >= 4 is 5.91 Å². The quantitative estimate of drug-likeness (QED) is 0.785. The van der Waals surface area contributed by atoms with Gasteiger partial charge in [0.1, 0.15) is 0 Å². The molecule has 1 heterocycles. The summed E-state index contributed by atoms with van der Waals surface area (Å²) in [5.74, 6) is 0.230. The fourth-order valence-corrected chi connectivity index (χ4v) is 1.95. The van der Waals surface area contributed by atoms with Gasteiger partial charge in [-0.3, -0.25) is 4.79 Å². The van der Waals surface area contributed by atoms with Crippen LogP contribution in [-0.2, 0) is 9.53 Å². The predicted molar refractivity (Wildman–Crippen MR) is 64.1 cm³/mol. The average molecular weight is 228 g/mol. The van der Waals surface area contributed by atoms with Crippen LogP contribution >= 0.6 is 0 Å². The van der Waals surface area contributed by atoms with Gasteiger partial charge in [-0.15, -0.1) is 0 Å². The van der Waals surface area contributed by atoms with Crippen molar-refractivity contribution in [1.29, 1.82) is 0 Å². The SMILES string of the molecule is CCCCC(=O)N1CC(CN)OCC1(C)C. The van der Waals surface area contributed by atoms with Gasteiger partial charge in [0.25, 0.3) is 0 Å². The van der Waals surface area contributed by atoms with Crippen LogP contribution in [0.1, 0.15) is 40.0 Å². The Kier molecular flexibility index (Phi) is 4.74. The van der Waals surface area contributed by atoms with Crippen LogP contribution in [0.3, 0.4) is 0 Å². The first-order valence-electron chi connectivity index (χ1n) is 6.13. The first kappa shape index (κ1) is 13.5. The molecule has 0 spiro atoms. The Morgan fingerprint density at radius 1 is 1.56 bits per heavy atom. The van der Waals surface area contributed by atoms with Gasteiger partial charge in [-0.05, 0) is 20.3 Å². The molecule has 1 aliphatic heterocycles. The van der Waals surface area contributed by atoms with E-state index in [4.69, 9.17) is 10.5 Å². The summed E-state index contributed by atoms with van der Waals surface area (Å²) in [6, 6.07) is 0. The van der Waals surface area contributed by atoms with Crippen molar-refractivity contribution in [3.8, 4) is 0 Å². The van der Waals surface area contributed by atoms with Crippen LogP contribution in [0.2, 0.25) is 0 Å². The first-order chi connectivity index (χ1) is 7.51. The lowest BCUT2D eigenvalue weighted by Crippen LogP contribution is -2.59. The molecule has 1 rings (SSSR count). The van der Waals surface area contributed by atoms with Gasteiger partial charge in [0, 0.05) is 19.5 Å². The molecular weight excluding hydrogens is 204 g/mol. The monoisotopic (exact) mass is 228 g/mol. The smallest absolute Gasteiger partial charge is 0.223 e. The molecule has 1 fully saturated rings. The molecular formula is C12H24N2O2. The number of carbonyl (C=O) groups excluding carboxylic acids is 1. The van der Waals surface area contributed by atoms with Crippen LogP contribution in [0.25, 0.3) is 0 Å². The number of rotatable bonds is 4. The minimum Gasteiger partial charge on any atom is -0.373 e. The molecule has 4 heteroatoms. The zero-order valence-corrected chi connectivity index (χ0v) is 10.7. The van der Waals surface area contributed by atoms with E-state index in [0.29, 0.717) is 26.1 Å². The molecule has 0 saturated carbocycles. The van der Waals surface area contributed by atoms with Crippen LogP contribution in [-0.4, -0.2) is 42.1 Å². The van der Waals surface area contributed by atoms with Crippen molar-refractivity contribution in [3.63, 3.8) is 0 Å². The topological polar surface area (TPSA) is 55.6 Å². The third-order valence-corrected chi connectivity index (χ3v) is 3.10. The van der Waals surface area contributed by atoms with E-state index >= 15 is 0 Å². The molecule has 0 aliphatic carbocycles. The highest BCUT2D eigenvalue weighted by Crippen LogP contribution is 2.23. The molecule has 1 saturated heterocycles. The second kappa shape index (κ2) is 5.64. The first-order valence-corrected chi connectivity index (χ1v) is 6.13. The van der Waals surface area contributed by atoms with Crippen molar-refractivity contribution in [3.05, 3.63) is 0 Å². The number of hydrogen-bond donors (Lipinski definition) is 1. The van der Waals surface area contributed by atoms with Gasteiger partial charge < -0.3 is 15.4 Å². The molecule has 1 aliphatic rings. The molecule has 0 bridgehead atoms. The molecule has 94 valence electrons. The summed E-state index contributed by atoms with van der Waals surface area (Å²) < 4.78 is 5.61. The molecule has 1 amide bonds. The number of hydrogen-bond acceptors (Lipinski definition) is 3. The van der Waals surface area contributed by atoms with Gasteiger partial charge in [0.15, 0.2) is 0 Å². The largest absolute Gasteiger partial charge is 0.373 e. The zero-order valence-electron chi connectivity index (χ0n) is 10.7. The van der Waals surface area contributed by atoms with E-state index in [0.717, 1.165) is 12.8 Å². The highest BCUT2D eigenvalue weighted by Gasteiger charge is 2.37. The van der Waals surface area contributed by atoms with Crippen LogP contribution in [0.5, 0.6) is 0 Å². The second-order valence-corrected chi connectivity index (χ2v) is 5.09. The maximum atomic E-state index is 12.1. The minimum atomic E-state index is -0.198. The van der Waals surface area contributed by atoms with E-state index in [2.05, 4.69) is 6.92 Å². The summed E-state index contributed by atoms with van der Waals surface area (Å²) in [4.78, 5) is 14.0. The van der Waals surface area contributed by atoms with Gasteiger partial charge in [0.2, 0.25) is 5.91 Å². The van der Waals surface area contributed by atoms with Crippen molar-refractivity contribution in [1.82, 2.24) is 4.90 Å². The highest BCUT2D eigenvalue weighted by atomic mass is 16.5. The lowest BCUT2D eigenvalue weighted by molar-refractivity contribution is -0.153. The molecule has 0 radical (unpaired) electrons. The van der Waals surface area contributed by atoms with E-state index < -0.39 is 0 Å². The van der Waals surface area contributed by atoms with Gasteiger partial charge in [-0.1, -0.05) is 13.3 Å². The Balaban J connectivity index is 2.61. The Hall–Kier alpha value is -0.610. The van der Waals surface area contributed by atoms with E-state index in [1.807, 2.05) is 18.7 Å². The third-order valence-electron chi connectivity index (χ3n) is 3.10. The molecule has 4 nitrogen and oxygen atoms in total. The highest BCUT2D eigenvalue weighted by molar-refractivity contribution is 5.77. The lowest BCUT2D eigenvalue weighted by Gasteiger charge is -2.45. The standard InChI is InChI=1S/C12H24N2O2/c1-4-5-6-11(15)14-8-10(7-13)16-9-12(14,2)3/h10H,4-9,13H2,1-3H3. The van der Waals surface area contributed by atoms with Crippen molar-refractivity contribution in [2.75, 3.05) is 19.7 Å². The van der Waals surface area contributed by atoms with Crippen molar-refractivity contribution < 1.29 is 9.53 Å². The Morgan fingerprint density at radius 3 is 2.81 bits per heavy atom. The van der Waals surface area contributed by atoms with E-state index in [1.165, 1.54) is 0 Å². The fourth-order valence-electron chi connectivity index (χ4n) is 1.95. The number of nitrogens with two attached hydrogens (primary N) is 1. The minimum absolute atomic E-state index is 0.00129. The van der Waals surface area contributed by atoms with Crippen molar-refractivity contribution in [2.24, 2.45) is 5.73 Å². The maximum absolute atomic E-state index is 12.1. The molecule has 0 aromatic heterocycles. The van der Waals surface area contributed by atoms with E-state index in [-0.39, 0.29) is 17.6 Å². The summed E-state index contributed by atoms with van der Waals surface area (Å²) >= 11 is 0. The van der Waals surface area contributed by atoms with Crippen LogP contribution in [0.4, 0.5) is 0 Å². The maximum Gasteiger partial charge on any atom is 0.223 e. The Morgan fingerprint density at radius 2 is 2.25 bits per heavy atom. The molecule has 16 heavy (non-hydrogen) atoms. The molecule has 1 atom stereocenters. The van der Waals surface area contributed by atoms with Crippen LogP contribution in [0, 0.1) is 0 Å². The van der Waals surface area contributed by atoms with Gasteiger partial charge >= 0.3 is 0 Å². The molecule has 1 unspecified atom stereocenters. The van der Waals surface area contributed by atoms with E-state index in [9.17, 15) is 4.79 Å². The van der Waals surface area contributed by atoms with Gasteiger partial charge in [-0.2, -0.15) is 0 Å².